The van der Waals surface area contributed by atoms with Gasteiger partial charge in [-0.25, -0.2) is 14.4 Å². The largest absolute Gasteiger partial charge is 0.458 e. The molecule has 110 valence electrons. The molecule has 0 bridgehead atoms. The van der Waals surface area contributed by atoms with Crippen LogP contribution in [0.4, 0.5) is 4.39 Å². The molecule has 1 atom stereocenters. The number of amides is 1. The van der Waals surface area contributed by atoms with Gasteiger partial charge in [0, 0.05) is 18.3 Å². The lowest BCUT2D eigenvalue weighted by atomic mass is 10.1. The fourth-order valence-electron chi connectivity index (χ4n) is 2.15. The molecule has 7 heteroatoms. The second kappa shape index (κ2) is 7.52. The van der Waals surface area contributed by atoms with E-state index in [1.54, 1.807) is 0 Å². The van der Waals surface area contributed by atoms with Crippen molar-refractivity contribution < 1.29 is 13.9 Å². The molecule has 1 aliphatic heterocycles. The quantitative estimate of drug-likeness (QED) is 0.767. The first kappa shape index (κ1) is 15.2. The SMILES string of the molecule is O=C(CCCBr)N1CCCC(Oc2ncc(F)cn2)C1. The number of hydrogen-bond donors (Lipinski definition) is 0. The molecule has 20 heavy (non-hydrogen) atoms. The van der Waals surface area contributed by atoms with Gasteiger partial charge in [-0.05, 0) is 19.3 Å². The molecule has 2 rings (SSSR count). The van der Waals surface area contributed by atoms with Crippen LogP contribution in [0.25, 0.3) is 0 Å². The number of hydrogen-bond acceptors (Lipinski definition) is 4. The maximum atomic E-state index is 12.7. The maximum absolute atomic E-state index is 12.7. The van der Waals surface area contributed by atoms with Crippen molar-refractivity contribution in [1.82, 2.24) is 14.9 Å². The first-order valence-corrected chi connectivity index (χ1v) is 7.79. The van der Waals surface area contributed by atoms with Gasteiger partial charge < -0.3 is 9.64 Å². The van der Waals surface area contributed by atoms with Crippen molar-refractivity contribution in [3.63, 3.8) is 0 Å². The third kappa shape index (κ3) is 4.40. The second-order valence-electron chi connectivity index (χ2n) is 4.70. The molecule has 0 saturated carbocycles. The summed E-state index contributed by atoms with van der Waals surface area (Å²) in [6, 6.07) is 0.158. The number of aromatic nitrogens is 2. The van der Waals surface area contributed by atoms with E-state index in [2.05, 4.69) is 25.9 Å². The third-order valence-corrected chi connectivity index (χ3v) is 3.68. The van der Waals surface area contributed by atoms with Crippen molar-refractivity contribution in [2.75, 3.05) is 18.4 Å². The van der Waals surface area contributed by atoms with Crippen molar-refractivity contribution in [1.29, 1.82) is 0 Å². The van der Waals surface area contributed by atoms with Crippen molar-refractivity contribution in [3.8, 4) is 6.01 Å². The molecular formula is C13H17BrFN3O2. The Hall–Kier alpha value is -1.24. The molecule has 1 aromatic rings. The van der Waals surface area contributed by atoms with Crippen LogP contribution in [0.5, 0.6) is 6.01 Å². The van der Waals surface area contributed by atoms with E-state index < -0.39 is 5.82 Å². The monoisotopic (exact) mass is 345 g/mol. The average molecular weight is 346 g/mol. The van der Waals surface area contributed by atoms with Crippen LogP contribution in [-0.4, -0.2) is 45.3 Å². The molecule has 0 aliphatic carbocycles. The smallest absolute Gasteiger partial charge is 0.316 e. The summed E-state index contributed by atoms with van der Waals surface area (Å²) in [5.41, 5.74) is 0. The zero-order valence-corrected chi connectivity index (χ0v) is 12.7. The summed E-state index contributed by atoms with van der Waals surface area (Å²) in [6.07, 6.45) is 5.15. The summed E-state index contributed by atoms with van der Waals surface area (Å²) in [5.74, 6) is -0.342. The number of carbonyl (C=O) groups is 1. The molecule has 1 unspecified atom stereocenters. The lowest BCUT2D eigenvalue weighted by Crippen LogP contribution is -2.44. The van der Waals surface area contributed by atoms with E-state index in [4.69, 9.17) is 4.74 Å². The average Bonchev–Trinajstić information content (AvgIpc) is 2.47. The van der Waals surface area contributed by atoms with Gasteiger partial charge in [0.2, 0.25) is 5.91 Å². The van der Waals surface area contributed by atoms with Crippen LogP contribution in [0, 0.1) is 5.82 Å². The molecule has 0 aromatic carbocycles. The lowest BCUT2D eigenvalue weighted by molar-refractivity contribution is -0.133. The van der Waals surface area contributed by atoms with E-state index in [0.717, 1.165) is 43.5 Å². The molecule has 1 fully saturated rings. The Morgan fingerprint density at radius 2 is 2.25 bits per heavy atom. The Morgan fingerprint density at radius 1 is 1.50 bits per heavy atom. The summed E-state index contributed by atoms with van der Waals surface area (Å²) in [6.45, 7) is 1.31. The first-order chi connectivity index (χ1) is 9.69. The summed E-state index contributed by atoms with van der Waals surface area (Å²) >= 11 is 3.32. The normalized spacial score (nSPS) is 18.9. The number of likely N-dealkylation sites (tertiary alicyclic amines) is 1. The van der Waals surface area contributed by atoms with Gasteiger partial charge >= 0.3 is 6.01 Å². The van der Waals surface area contributed by atoms with Gasteiger partial charge in [0.05, 0.1) is 18.9 Å². The van der Waals surface area contributed by atoms with Crippen LogP contribution in [0.2, 0.25) is 0 Å². The van der Waals surface area contributed by atoms with Crippen molar-refractivity contribution in [2.24, 2.45) is 0 Å². The number of piperidine rings is 1. The predicted molar refractivity (Wildman–Crippen MR) is 75.2 cm³/mol. The fraction of sp³-hybridized carbons (Fsp3) is 0.615. The summed E-state index contributed by atoms with van der Waals surface area (Å²) in [4.78, 5) is 21.3. The van der Waals surface area contributed by atoms with Gasteiger partial charge in [-0.2, -0.15) is 0 Å². The van der Waals surface area contributed by atoms with Gasteiger partial charge in [0.1, 0.15) is 6.10 Å². The molecule has 0 spiro atoms. The minimum Gasteiger partial charge on any atom is -0.458 e. The van der Waals surface area contributed by atoms with E-state index in [1.807, 2.05) is 4.90 Å². The molecule has 1 aromatic heterocycles. The van der Waals surface area contributed by atoms with E-state index in [-0.39, 0.29) is 18.0 Å². The molecule has 0 N–H and O–H groups in total. The zero-order valence-electron chi connectivity index (χ0n) is 11.1. The number of rotatable bonds is 5. The number of nitrogens with zero attached hydrogens (tertiary/aromatic N) is 3. The van der Waals surface area contributed by atoms with Crippen LogP contribution in [0.3, 0.4) is 0 Å². The minimum absolute atomic E-state index is 0.123. The van der Waals surface area contributed by atoms with Crippen LogP contribution in [-0.2, 0) is 4.79 Å². The van der Waals surface area contributed by atoms with E-state index in [1.165, 1.54) is 0 Å². The highest BCUT2D eigenvalue weighted by Crippen LogP contribution is 2.16. The third-order valence-electron chi connectivity index (χ3n) is 3.12. The lowest BCUT2D eigenvalue weighted by Gasteiger charge is -2.32. The van der Waals surface area contributed by atoms with Crippen LogP contribution in [0.15, 0.2) is 12.4 Å². The van der Waals surface area contributed by atoms with Gasteiger partial charge in [0.15, 0.2) is 5.82 Å². The highest BCUT2D eigenvalue weighted by atomic mass is 79.9. The molecular weight excluding hydrogens is 329 g/mol. The number of ether oxygens (including phenoxy) is 1. The Kier molecular flexibility index (Phi) is 5.70. The number of alkyl halides is 1. The fourth-order valence-corrected chi connectivity index (χ4v) is 2.43. The topological polar surface area (TPSA) is 55.3 Å². The van der Waals surface area contributed by atoms with Crippen LogP contribution in [0.1, 0.15) is 25.7 Å². The molecule has 1 saturated heterocycles. The van der Waals surface area contributed by atoms with E-state index in [0.29, 0.717) is 13.0 Å². The number of carbonyl (C=O) groups excluding carboxylic acids is 1. The Labute approximate surface area is 125 Å². The summed E-state index contributed by atoms with van der Waals surface area (Å²) in [5, 5.41) is 0.829. The van der Waals surface area contributed by atoms with E-state index >= 15 is 0 Å². The van der Waals surface area contributed by atoms with E-state index in [9.17, 15) is 9.18 Å². The highest BCUT2D eigenvalue weighted by molar-refractivity contribution is 9.09. The Bertz CT molecular complexity index is 444. The molecule has 1 aliphatic rings. The summed E-state index contributed by atoms with van der Waals surface area (Å²) < 4.78 is 18.3. The minimum atomic E-state index is -0.493. The first-order valence-electron chi connectivity index (χ1n) is 6.67. The van der Waals surface area contributed by atoms with Gasteiger partial charge in [-0.3, -0.25) is 4.79 Å². The van der Waals surface area contributed by atoms with Crippen molar-refractivity contribution >= 4 is 21.8 Å². The molecule has 2 heterocycles. The zero-order chi connectivity index (χ0) is 14.4. The summed E-state index contributed by atoms with van der Waals surface area (Å²) in [7, 11) is 0. The molecule has 0 radical (unpaired) electrons. The Morgan fingerprint density at radius 3 is 2.95 bits per heavy atom. The maximum Gasteiger partial charge on any atom is 0.316 e. The molecule has 1 amide bonds. The molecule has 5 nitrogen and oxygen atoms in total. The number of halogens is 2. The van der Waals surface area contributed by atoms with Crippen molar-refractivity contribution in [2.45, 2.75) is 31.8 Å². The predicted octanol–water partition coefficient (Wildman–Crippen LogP) is 2.16. The van der Waals surface area contributed by atoms with Gasteiger partial charge in [-0.1, -0.05) is 15.9 Å². The van der Waals surface area contributed by atoms with Gasteiger partial charge in [0.25, 0.3) is 0 Å². The Balaban J connectivity index is 1.86. The highest BCUT2D eigenvalue weighted by Gasteiger charge is 2.25. The standard InChI is InChI=1S/C13H17BrFN3O2/c14-5-1-4-12(19)18-6-2-3-11(9-18)20-13-16-7-10(15)8-17-13/h7-8,11H,1-6,9H2. The second-order valence-corrected chi connectivity index (χ2v) is 5.49. The van der Waals surface area contributed by atoms with Gasteiger partial charge in [-0.15, -0.1) is 0 Å². The van der Waals surface area contributed by atoms with Crippen LogP contribution >= 0.6 is 15.9 Å². The van der Waals surface area contributed by atoms with Crippen molar-refractivity contribution in [3.05, 3.63) is 18.2 Å². The van der Waals surface area contributed by atoms with Crippen LogP contribution < -0.4 is 4.74 Å².